The normalized spacial score (nSPS) is 39.5. The summed E-state index contributed by atoms with van der Waals surface area (Å²) >= 11 is 0. The molecule has 5 nitrogen and oxygen atoms in total. The fourth-order valence-corrected chi connectivity index (χ4v) is 4.31. The Bertz CT molecular complexity index is 582. The third-order valence-electron chi connectivity index (χ3n) is 5.61. The van der Waals surface area contributed by atoms with E-state index in [0.717, 1.165) is 44.0 Å². The first-order chi connectivity index (χ1) is 11.2. The van der Waals surface area contributed by atoms with E-state index in [2.05, 4.69) is 0 Å². The van der Waals surface area contributed by atoms with Gasteiger partial charge in [-0.2, -0.15) is 4.89 Å². The molecule has 1 aromatic rings. The average molecular weight is 318 g/mol. The van der Waals surface area contributed by atoms with Gasteiger partial charge in [-0.3, -0.25) is 4.79 Å². The van der Waals surface area contributed by atoms with Crippen LogP contribution in [0.1, 0.15) is 54.4 Å². The molecule has 4 aliphatic rings. The first kappa shape index (κ1) is 15.3. The lowest BCUT2D eigenvalue weighted by Gasteiger charge is -2.49. The van der Waals surface area contributed by atoms with Gasteiger partial charge in [0.1, 0.15) is 6.29 Å². The van der Waals surface area contributed by atoms with Crippen molar-refractivity contribution >= 4 is 6.29 Å². The smallest absolute Gasteiger partial charge is 0.230 e. The molecule has 5 heteroatoms. The minimum atomic E-state index is -0.954. The number of rotatable bonds is 3. The molecular formula is C18H22O5. The monoisotopic (exact) mass is 318 g/mol. The molecule has 1 aliphatic carbocycles. The van der Waals surface area contributed by atoms with E-state index in [1.54, 1.807) is 19.2 Å². The summed E-state index contributed by atoms with van der Waals surface area (Å²) < 4.78 is 12.0. The Kier molecular flexibility index (Phi) is 3.76. The highest BCUT2D eigenvalue weighted by atomic mass is 17.3. The molecule has 124 valence electrons. The van der Waals surface area contributed by atoms with Crippen LogP contribution in [0.3, 0.4) is 0 Å². The highest BCUT2D eigenvalue weighted by Crippen LogP contribution is 2.54. The Morgan fingerprint density at radius 1 is 1.13 bits per heavy atom. The molecule has 2 unspecified atom stereocenters. The van der Waals surface area contributed by atoms with Gasteiger partial charge in [0.15, 0.2) is 11.9 Å². The van der Waals surface area contributed by atoms with E-state index >= 15 is 0 Å². The lowest BCUT2D eigenvalue weighted by atomic mass is 9.73. The summed E-state index contributed by atoms with van der Waals surface area (Å²) in [5.74, 6) is -0.565. The zero-order chi connectivity index (χ0) is 15.9. The summed E-state index contributed by atoms with van der Waals surface area (Å²) in [5, 5.41) is 0. The first-order valence-corrected chi connectivity index (χ1v) is 8.36. The fraction of sp³-hybridized carbons (Fsp3) is 0.611. The highest BCUT2D eigenvalue weighted by molar-refractivity contribution is 5.74. The molecule has 0 radical (unpaired) electrons. The molecule has 3 heterocycles. The van der Waals surface area contributed by atoms with E-state index in [-0.39, 0.29) is 0 Å². The van der Waals surface area contributed by atoms with E-state index in [1.165, 1.54) is 6.42 Å². The molecule has 4 fully saturated rings. The van der Waals surface area contributed by atoms with Crippen LogP contribution < -0.4 is 0 Å². The van der Waals surface area contributed by atoms with Gasteiger partial charge in [0.05, 0.1) is 0 Å². The number of ether oxygens (including phenoxy) is 2. The molecule has 2 bridgehead atoms. The van der Waals surface area contributed by atoms with Crippen molar-refractivity contribution in [2.75, 3.05) is 7.11 Å². The van der Waals surface area contributed by atoms with Crippen LogP contribution in [0.4, 0.5) is 0 Å². The summed E-state index contributed by atoms with van der Waals surface area (Å²) in [4.78, 5) is 22.7. The summed E-state index contributed by atoms with van der Waals surface area (Å²) in [6.45, 7) is 0. The number of aldehydes is 1. The third-order valence-corrected chi connectivity index (χ3v) is 5.61. The van der Waals surface area contributed by atoms with Gasteiger partial charge in [-0.05, 0) is 25.2 Å². The Hall–Kier alpha value is -1.27. The summed E-state index contributed by atoms with van der Waals surface area (Å²) in [6, 6.07) is 7.28. The number of hydrogen-bond acceptors (Lipinski definition) is 5. The van der Waals surface area contributed by atoms with Gasteiger partial charge in [-0.15, -0.1) is 0 Å². The van der Waals surface area contributed by atoms with Crippen LogP contribution >= 0.6 is 0 Å². The van der Waals surface area contributed by atoms with Gasteiger partial charge in [0.25, 0.3) is 0 Å². The van der Waals surface area contributed by atoms with Crippen molar-refractivity contribution in [1.82, 2.24) is 0 Å². The molecule has 5 rings (SSSR count). The van der Waals surface area contributed by atoms with Crippen molar-refractivity contribution < 1.29 is 24.0 Å². The zero-order valence-electron chi connectivity index (χ0n) is 13.3. The van der Waals surface area contributed by atoms with Gasteiger partial charge in [-0.25, -0.2) is 4.89 Å². The van der Waals surface area contributed by atoms with Crippen molar-refractivity contribution in [3.8, 4) is 0 Å². The molecule has 0 N–H and O–H groups in total. The number of benzene rings is 1. The molecule has 1 spiro atoms. The van der Waals surface area contributed by atoms with Gasteiger partial charge in [0.2, 0.25) is 5.79 Å². The van der Waals surface area contributed by atoms with E-state index < -0.39 is 17.7 Å². The topological polar surface area (TPSA) is 54.0 Å². The number of hydrogen-bond donors (Lipinski definition) is 0. The minimum Gasteiger partial charge on any atom is -0.353 e. The molecule has 1 saturated carbocycles. The van der Waals surface area contributed by atoms with Crippen molar-refractivity contribution in [3.63, 3.8) is 0 Å². The zero-order valence-corrected chi connectivity index (χ0v) is 13.3. The van der Waals surface area contributed by atoms with Crippen LogP contribution in [0, 0.1) is 5.92 Å². The van der Waals surface area contributed by atoms with E-state index in [0.29, 0.717) is 11.5 Å². The second kappa shape index (κ2) is 5.67. The standard InChI is InChI=1S/C18H22O5/c1-20-16-17-10-3-2-4-14(17)9-11-18(21-16,23-22-17)15-7-5-13(12-19)6-8-15/h5-8,12,14,16H,2-4,9-11H2,1H3/t14?,16?,17-,18-/m0/s1. The molecule has 23 heavy (non-hydrogen) atoms. The Balaban J connectivity index is 1.71. The Labute approximate surface area is 135 Å². The predicted molar refractivity (Wildman–Crippen MR) is 81.5 cm³/mol. The molecule has 0 aromatic heterocycles. The quantitative estimate of drug-likeness (QED) is 0.632. The maximum Gasteiger partial charge on any atom is 0.230 e. The molecular weight excluding hydrogens is 296 g/mol. The largest absolute Gasteiger partial charge is 0.353 e. The SMILES string of the molecule is COC1O[C@@]2(c3ccc(C=O)cc3)CCC3CCCC[C@]31OO2. The second-order valence-electron chi connectivity index (χ2n) is 6.78. The van der Waals surface area contributed by atoms with Gasteiger partial charge in [0, 0.05) is 24.7 Å². The van der Waals surface area contributed by atoms with E-state index in [4.69, 9.17) is 19.2 Å². The summed E-state index contributed by atoms with van der Waals surface area (Å²) in [5.41, 5.74) is 0.998. The highest BCUT2D eigenvalue weighted by Gasteiger charge is 2.61. The van der Waals surface area contributed by atoms with Crippen LogP contribution in [0.5, 0.6) is 0 Å². The number of methoxy groups -OCH3 is 1. The number of carbonyl (C=O) groups is 1. The van der Waals surface area contributed by atoms with Gasteiger partial charge >= 0.3 is 0 Å². The molecule has 3 saturated heterocycles. The number of fused-ring (bicyclic) bond motifs is 3. The van der Waals surface area contributed by atoms with Crippen LogP contribution in [-0.2, 0) is 25.0 Å². The van der Waals surface area contributed by atoms with Crippen molar-refractivity contribution in [3.05, 3.63) is 35.4 Å². The van der Waals surface area contributed by atoms with Crippen molar-refractivity contribution in [2.45, 2.75) is 56.2 Å². The Morgan fingerprint density at radius 2 is 1.96 bits per heavy atom. The lowest BCUT2D eigenvalue weighted by Crippen LogP contribution is -2.59. The maximum atomic E-state index is 10.9. The molecule has 4 atom stereocenters. The van der Waals surface area contributed by atoms with Crippen LogP contribution in [-0.4, -0.2) is 25.3 Å². The van der Waals surface area contributed by atoms with Crippen molar-refractivity contribution in [2.24, 2.45) is 5.92 Å². The number of carbonyl (C=O) groups excluding carboxylic acids is 1. The molecule has 3 aliphatic heterocycles. The minimum absolute atomic E-state index is 0.389. The van der Waals surface area contributed by atoms with Crippen molar-refractivity contribution in [1.29, 1.82) is 0 Å². The summed E-state index contributed by atoms with van der Waals surface area (Å²) in [7, 11) is 1.67. The van der Waals surface area contributed by atoms with Crippen LogP contribution in [0.2, 0.25) is 0 Å². The van der Waals surface area contributed by atoms with Gasteiger partial charge in [-0.1, -0.05) is 37.1 Å². The summed E-state index contributed by atoms with van der Waals surface area (Å²) in [6.07, 6.45) is 6.43. The first-order valence-electron chi connectivity index (χ1n) is 8.36. The predicted octanol–water partition coefficient (Wildman–Crippen LogP) is 3.33. The van der Waals surface area contributed by atoms with E-state index in [9.17, 15) is 4.79 Å². The third kappa shape index (κ3) is 2.26. The van der Waals surface area contributed by atoms with E-state index in [1.807, 2.05) is 12.1 Å². The van der Waals surface area contributed by atoms with Crippen LogP contribution in [0.25, 0.3) is 0 Å². The maximum absolute atomic E-state index is 10.9. The average Bonchev–Trinajstić information content (AvgIpc) is 2.88. The lowest BCUT2D eigenvalue weighted by molar-refractivity contribution is -0.558. The van der Waals surface area contributed by atoms with Gasteiger partial charge < -0.3 is 9.47 Å². The fourth-order valence-electron chi connectivity index (χ4n) is 4.31. The molecule has 1 aromatic carbocycles. The Morgan fingerprint density at radius 3 is 2.70 bits per heavy atom. The molecule has 0 amide bonds. The van der Waals surface area contributed by atoms with Crippen LogP contribution in [0.15, 0.2) is 24.3 Å². The second-order valence-corrected chi connectivity index (χ2v) is 6.78.